The van der Waals surface area contributed by atoms with Crippen molar-refractivity contribution in [2.75, 3.05) is 16.9 Å². The lowest BCUT2D eigenvalue weighted by Gasteiger charge is -2.09. The molecule has 0 bridgehead atoms. The van der Waals surface area contributed by atoms with Crippen molar-refractivity contribution in [1.29, 1.82) is 0 Å². The molecule has 2 heterocycles. The maximum atomic E-state index is 11.6. The molecule has 0 spiro atoms. The third-order valence-corrected chi connectivity index (χ3v) is 3.03. The van der Waals surface area contributed by atoms with Gasteiger partial charge in [0.25, 0.3) is 0 Å². The van der Waals surface area contributed by atoms with Gasteiger partial charge in [0.05, 0.1) is 6.04 Å². The average Bonchev–Trinajstić information content (AvgIpc) is 2.77. The van der Waals surface area contributed by atoms with Gasteiger partial charge in [-0.3, -0.25) is 15.4 Å². The molecule has 1 amide bonds. The van der Waals surface area contributed by atoms with Crippen molar-refractivity contribution >= 4 is 23.6 Å². The molecular formula is C8H12N4OS. The molecule has 0 aliphatic carbocycles. The molecule has 1 unspecified atom stereocenters. The molecular weight excluding hydrogens is 200 g/mol. The van der Waals surface area contributed by atoms with E-state index in [2.05, 4.69) is 15.6 Å². The summed E-state index contributed by atoms with van der Waals surface area (Å²) >= 11 is 1.73. The molecule has 1 aromatic heterocycles. The predicted molar refractivity (Wildman–Crippen MR) is 56.1 cm³/mol. The largest absolute Gasteiger partial charge is 0.320 e. The Kier molecular flexibility index (Phi) is 2.74. The molecule has 0 radical (unpaired) electrons. The lowest BCUT2D eigenvalue weighted by Crippen LogP contribution is -2.38. The van der Waals surface area contributed by atoms with Gasteiger partial charge in [-0.2, -0.15) is 0 Å². The van der Waals surface area contributed by atoms with Gasteiger partial charge in [-0.25, -0.2) is 4.98 Å². The zero-order valence-electron chi connectivity index (χ0n) is 7.86. The van der Waals surface area contributed by atoms with Crippen LogP contribution in [0.5, 0.6) is 0 Å². The normalized spacial score (nSPS) is 21.1. The van der Waals surface area contributed by atoms with Gasteiger partial charge in [0, 0.05) is 31.1 Å². The van der Waals surface area contributed by atoms with Crippen LogP contribution in [0.15, 0.2) is 12.4 Å². The Labute approximate surface area is 86.3 Å². The van der Waals surface area contributed by atoms with Gasteiger partial charge < -0.3 is 4.57 Å². The third kappa shape index (κ3) is 1.91. The van der Waals surface area contributed by atoms with Crippen LogP contribution in [0.4, 0.5) is 5.95 Å². The van der Waals surface area contributed by atoms with Crippen LogP contribution in [0, 0.1) is 0 Å². The van der Waals surface area contributed by atoms with E-state index in [-0.39, 0.29) is 11.9 Å². The Morgan fingerprint density at radius 3 is 3.29 bits per heavy atom. The number of rotatable bonds is 2. The summed E-state index contributed by atoms with van der Waals surface area (Å²) in [5, 5.41) is 5.87. The highest BCUT2D eigenvalue weighted by molar-refractivity contribution is 7.99. The highest BCUT2D eigenvalue weighted by Crippen LogP contribution is 2.11. The van der Waals surface area contributed by atoms with Crippen molar-refractivity contribution in [3.63, 3.8) is 0 Å². The summed E-state index contributed by atoms with van der Waals surface area (Å²) in [4.78, 5) is 15.6. The van der Waals surface area contributed by atoms with Gasteiger partial charge in [-0.15, -0.1) is 11.8 Å². The van der Waals surface area contributed by atoms with E-state index in [9.17, 15) is 4.79 Å². The molecule has 6 heteroatoms. The number of nitrogens with zero attached hydrogens (tertiary/aromatic N) is 2. The summed E-state index contributed by atoms with van der Waals surface area (Å²) in [6, 6.07) is -0.0864. The molecule has 1 saturated heterocycles. The number of aryl methyl sites for hydroxylation is 1. The zero-order valence-corrected chi connectivity index (χ0v) is 8.67. The lowest BCUT2D eigenvalue weighted by molar-refractivity contribution is -0.117. The van der Waals surface area contributed by atoms with Gasteiger partial charge in [0.1, 0.15) is 0 Å². The monoisotopic (exact) mass is 212 g/mol. The summed E-state index contributed by atoms with van der Waals surface area (Å²) in [7, 11) is 1.85. The highest BCUT2D eigenvalue weighted by Gasteiger charge is 2.23. The maximum Gasteiger partial charge on any atom is 0.244 e. The minimum Gasteiger partial charge on any atom is -0.320 e. The molecule has 1 aromatic rings. The molecule has 2 N–H and O–H groups in total. The van der Waals surface area contributed by atoms with E-state index >= 15 is 0 Å². The second-order valence-corrected chi connectivity index (χ2v) is 4.15. The lowest BCUT2D eigenvalue weighted by atomic mass is 10.3. The smallest absolute Gasteiger partial charge is 0.244 e. The molecule has 2 rings (SSSR count). The van der Waals surface area contributed by atoms with Gasteiger partial charge in [0.15, 0.2) is 0 Å². The molecule has 0 aromatic carbocycles. The van der Waals surface area contributed by atoms with Crippen LogP contribution >= 0.6 is 11.8 Å². The number of carbonyl (C=O) groups excluding carboxylic acids is 1. The summed E-state index contributed by atoms with van der Waals surface area (Å²) in [5.41, 5.74) is 0. The molecule has 76 valence electrons. The standard InChI is InChI=1S/C8H12N4OS/c1-12-3-2-9-8(12)11-7(13)6-4-14-5-10-6/h2-3,6,10H,4-5H2,1H3,(H,9,11,13). The molecule has 1 fully saturated rings. The first-order valence-corrected chi connectivity index (χ1v) is 5.52. The van der Waals surface area contributed by atoms with E-state index in [1.54, 1.807) is 28.7 Å². The minimum absolute atomic E-state index is 0.00991. The summed E-state index contributed by atoms with van der Waals surface area (Å²) in [6.07, 6.45) is 3.46. The number of hydrogen-bond acceptors (Lipinski definition) is 4. The van der Waals surface area contributed by atoms with Crippen LogP contribution in [0.1, 0.15) is 0 Å². The van der Waals surface area contributed by atoms with Gasteiger partial charge in [0.2, 0.25) is 11.9 Å². The Morgan fingerprint density at radius 1 is 1.86 bits per heavy atom. The van der Waals surface area contributed by atoms with E-state index in [0.29, 0.717) is 5.95 Å². The molecule has 1 atom stereocenters. The first-order valence-electron chi connectivity index (χ1n) is 4.36. The van der Waals surface area contributed by atoms with E-state index in [1.165, 1.54) is 0 Å². The Balaban J connectivity index is 1.97. The van der Waals surface area contributed by atoms with Gasteiger partial charge in [-0.1, -0.05) is 0 Å². The van der Waals surface area contributed by atoms with Crippen molar-refractivity contribution in [1.82, 2.24) is 14.9 Å². The number of imidazole rings is 1. The quantitative estimate of drug-likeness (QED) is 0.725. The molecule has 0 saturated carbocycles. The fraction of sp³-hybridized carbons (Fsp3) is 0.500. The number of anilines is 1. The van der Waals surface area contributed by atoms with E-state index in [4.69, 9.17) is 0 Å². The van der Waals surface area contributed by atoms with Gasteiger partial charge in [-0.05, 0) is 0 Å². The SMILES string of the molecule is Cn1ccnc1NC(=O)C1CSCN1. The maximum absolute atomic E-state index is 11.6. The first-order chi connectivity index (χ1) is 6.77. The summed E-state index contributed by atoms with van der Waals surface area (Å²) in [6.45, 7) is 0. The summed E-state index contributed by atoms with van der Waals surface area (Å²) in [5.74, 6) is 2.26. The second-order valence-electron chi connectivity index (χ2n) is 3.12. The fourth-order valence-electron chi connectivity index (χ4n) is 1.25. The van der Waals surface area contributed by atoms with Crippen molar-refractivity contribution in [2.45, 2.75) is 6.04 Å². The molecule has 1 aliphatic heterocycles. The van der Waals surface area contributed by atoms with Crippen LogP contribution in [0.25, 0.3) is 0 Å². The molecule has 1 aliphatic rings. The van der Waals surface area contributed by atoms with E-state index < -0.39 is 0 Å². The fourth-order valence-corrected chi connectivity index (χ4v) is 2.19. The Hall–Kier alpha value is -1.01. The predicted octanol–water partition coefficient (Wildman–Crippen LogP) is 0.0211. The van der Waals surface area contributed by atoms with Crippen LogP contribution in [0.3, 0.4) is 0 Å². The second kappa shape index (κ2) is 4.02. The number of hydrogen-bond donors (Lipinski definition) is 2. The third-order valence-electron chi connectivity index (χ3n) is 2.09. The van der Waals surface area contributed by atoms with Crippen LogP contribution in [-0.2, 0) is 11.8 Å². The Morgan fingerprint density at radius 2 is 2.71 bits per heavy atom. The van der Waals surface area contributed by atoms with Crippen molar-refractivity contribution < 1.29 is 4.79 Å². The van der Waals surface area contributed by atoms with Crippen LogP contribution in [0.2, 0.25) is 0 Å². The van der Waals surface area contributed by atoms with Crippen LogP contribution in [-0.4, -0.2) is 33.1 Å². The van der Waals surface area contributed by atoms with E-state index in [0.717, 1.165) is 11.6 Å². The average molecular weight is 212 g/mol. The Bertz CT molecular complexity index is 332. The minimum atomic E-state index is -0.0864. The summed E-state index contributed by atoms with van der Waals surface area (Å²) < 4.78 is 1.78. The number of thioether (sulfide) groups is 1. The van der Waals surface area contributed by atoms with Crippen molar-refractivity contribution in [2.24, 2.45) is 7.05 Å². The number of carbonyl (C=O) groups is 1. The first kappa shape index (κ1) is 9.54. The number of nitrogens with one attached hydrogen (secondary N) is 2. The highest BCUT2D eigenvalue weighted by atomic mass is 32.2. The zero-order chi connectivity index (χ0) is 9.97. The topological polar surface area (TPSA) is 59.0 Å². The van der Waals surface area contributed by atoms with Crippen molar-refractivity contribution in [3.8, 4) is 0 Å². The van der Waals surface area contributed by atoms with E-state index in [1.807, 2.05) is 7.05 Å². The van der Waals surface area contributed by atoms with Gasteiger partial charge >= 0.3 is 0 Å². The number of amides is 1. The van der Waals surface area contributed by atoms with Crippen molar-refractivity contribution in [3.05, 3.63) is 12.4 Å². The molecule has 5 nitrogen and oxygen atoms in total. The van der Waals surface area contributed by atoms with Crippen LogP contribution < -0.4 is 10.6 Å². The number of aromatic nitrogens is 2. The molecule has 14 heavy (non-hydrogen) atoms.